The number of hydrogen-bond acceptors (Lipinski definition) is 8. The first kappa shape index (κ1) is 33.0. The molecule has 4 atom stereocenters. The third-order valence-electron chi connectivity index (χ3n) is 10.6. The van der Waals surface area contributed by atoms with Crippen molar-refractivity contribution in [2.75, 3.05) is 32.8 Å². The van der Waals surface area contributed by atoms with Gasteiger partial charge in [-0.2, -0.15) is 0 Å². The number of nitrogens with zero attached hydrogens (tertiary/aromatic N) is 2. The number of likely N-dealkylation sites (tertiary alicyclic amines) is 1. The van der Waals surface area contributed by atoms with Crippen LogP contribution in [-0.2, 0) is 32.1 Å². The minimum absolute atomic E-state index is 0.00805. The number of benzene rings is 4. The Kier molecular flexibility index (Phi) is 9.11. The summed E-state index contributed by atoms with van der Waals surface area (Å²) < 4.78 is 25.5. The van der Waals surface area contributed by atoms with Crippen LogP contribution in [0.4, 0.5) is 0 Å². The summed E-state index contributed by atoms with van der Waals surface area (Å²) in [7, 11) is 0. The molecule has 4 aliphatic heterocycles. The number of piperidine rings is 1. The van der Waals surface area contributed by atoms with E-state index in [0.29, 0.717) is 24.3 Å². The van der Waals surface area contributed by atoms with E-state index in [4.69, 9.17) is 18.9 Å². The van der Waals surface area contributed by atoms with Crippen LogP contribution in [0.25, 0.3) is 11.1 Å². The van der Waals surface area contributed by atoms with Crippen LogP contribution >= 0.6 is 0 Å². The summed E-state index contributed by atoms with van der Waals surface area (Å²) in [5.41, 5.74) is 6.54. The van der Waals surface area contributed by atoms with Gasteiger partial charge in [-0.1, -0.05) is 79.7 Å². The van der Waals surface area contributed by atoms with E-state index in [2.05, 4.69) is 24.0 Å². The van der Waals surface area contributed by atoms with Gasteiger partial charge in [0.2, 0.25) is 0 Å². The van der Waals surface area contributed by atoms with Crippen molar-refractivity contribution in [3.63, 3.8) is 0 Å². The Labute approximate surface area is 292 Å². The quantitative estimate of drug-likeness (QED) is 0.219. The summed E-state index contributed by atoms with van der Waals surface area (Å²) in [5, 5.41) is 9.64. The van der Waals surface area contributed by atoms with Crippen molar-refractivity contribution in [1.82, 2.24) is 9.80 Å². The summed E-state index contributed by atoms with van der Waals surface area (Å²) in [5.74, 6) is -0.889. The zero-order chi connectivity index (χ0) is 34.2. The standard InChI is InChI=1S/C41H42N2O7/c1-27-36(25-42-18-16-41(17-19-42)47-20-21-48-41)49-40(50-37(27)30-14-12-28(26-44)13-15-30)33-9-5-8-32(23-33)31-7-4-6-29(22-31)24-43-38(45)34-10-2-3-11-35(34)39(43)46/h2-15,22-23,27,36-37,40,44H,16-21,24-26H2,1H3/t27-,36+,37+,40+/m0/s1. The van der Waals surface area contributed by atoms with Crippen molar-refractivity contribution in [3.8, 4) is 11.1 Å². The van der Waals surface area contributed by atoms with Crippen LogP contribution in [0.15, 0.2) is 97.1 Å². The number of aliphatic hydroxyl groups excluding tert-OH is 1. The van der Waals surface area contributed by atoms with Crippen molar-refractivity contribution < 1.29 is 33.6 Å². The number of rotatable bonds is 8. The summed E-state index contributed by atoms with van der Waals surface area (Å²) in [6, 6.07) is 31.1. The first-order valence-electron chi connectivity index (χ1n) is 17.6. The second kappa shape index (κ2) is 13.8. The van der Waals surface area contributed by atoms with E-state index < -0.39 is 12.1 Å². The van der Waals surface area contributed by atoms with Gasteiger partial charge in [-0.25, -0.2) is 0 Å². The molecule has 2 amide bonds. The Balaban J connectivity index is 1.03. The van der Waals surface area contributed by atoms with E-state index in [1.165, 1.54) is 4.90 Å². The molecule has 0 unspecified atom stereocenters. The molecule has 1 spiro atoms. The lowest BCUT2D eigenvalue weighted by atomic mass is 9.89. The molecule has 9 heteroatoms. The van der Waals surface area contributed by atoms with Gasteiger partial charge in [-0.05, 0) is 52.1 Å². The topological polar surface area (TPSA) is 97.8 Å². The van der Waals surface area contributed by atoms with Crippen molar-refractivity contribution >= 4 is 11.8 Å². The molecule has 3 fully saturated rings. The summed E-state index contributed by atoms with van der Waals surface area (Å²) in [4.78, 5) is 29.8. The second-order valence-electron chi connectivity index (χ2n) is 13.8. The van der Waals surface area contributed by atoms with Gasteiger partial charge in [0, 0.05) is 44.0 Å². The predicted molar refractivity (Wildman–Crippen MR) is 186 cm³/mol. The lowest BCUT2D eigenvalue weighted by Crippen LogP contribution is -2.50. The number of hydrogen-bond donors (Lipinski definition) is 1. The van der Waals surface area contributed by atoms with Crippen LogP contribution in [0.3, 0.4) is 0 Å². The predicted octanol–water partition coefficient (Wildman–Crippen LogP) is 6.27. The molecular weight excluding hydrogens is 632 g/mol. The first-order valence-corrected chi connectivity index (χ1v) is 17.6. The molecule has 258 valence electrons. The molecule has 9 nitrogen and oxygen atoms in total. The first-order chi connectivity index (χ1) is 24.4. The lowest BCUT2D eigenvalue weighted by Gasteiger charge is -2.44. The van der Waals surface area contributed by atoms with E-state index in [1.807, 2.05) is 60.7 Å². The van der Waals surface area contributed by atoms with E-state index >= 15 is 0 Å². The molecule has 0 radical (unpaired) electrons. The molecule has 0 aliphatic carbocycles. The molecule has 4 aromatic carbocycles. The van der Waals surface area contributed by atoms with Crippen LogP contribution in [0.5, 0.6) is 0 Å². The Morgan fingerprint density at radius 3 is 2.08 bits per heavy atom. The summed E-state index contributed by atoms with van der Waals surface area (Å²) in [6.45, 7) is 6.22. The molecule has 3 saturated heterocycles. The zero-order valence-electron chi connectivity index (χ0n) is 28.2. The van der Waals surface area contributed by atoms with Gasteiger partial charge in [-0.3, -0.25) is 14.5 Å². The van der Waals surface area contributed by atoms with Crippen LogP contribution in [0.2, 0.25) is 0 Å². The second-order valence-corrected chi connectivity index (χ2v) is 13.8. The Bertz CT molecular complexity index is 1830. The van der Waals surface area contributed by atoms with E-state index in [9.17, 15) is 14.7 Å². The van der Waals surface area contributed by atoms with Gasteiger partial charge in [0.15, 0.2) is 12.1 Å². The van der Waals surface area contributed by atoms with Gasteiger partial charge >= 0.3 is 0 Å². The third-order valence-corrected chi connectivity index (χ3v) is 10.6. The fourth-order valence-corrected chi connectivity index (χ4v) is 7.72. The molecular formula is C41H42N2O7. The largest absolute Gasteiger partial charge is 0.392 e. The van der Waals surface area contributed by atoms with Crippen LogP contribution in [-0.4, -0.2) is 71.5 Å². The lowest BCUT2D eigenvalue weighted by molar-refractivity contribution is -0.278. The summed E-state index contributed by atoms with van der Waals surface area (Å²) >= 11 is 0. The number of ether oxygens (including phenoxy) is 4. The minimum atomic E-state index is -0.599. The Morgan fingerprint density at radius 2 is 1.40 bits per heavy atom. The van der Waals surface area contributed by atoms with Crippen molar-refractivity contribution in [2.24, 2.45) is 5.92 Å². The average molecular weight is 675 g/mol. The molecule has 0 aromatic heterocycles. The highest BCUT2D eigenvalue weighted by atomic mass is 16.7. The molecule has 50 heavy (non-hydrogen) atoms. The van der Waals surface area contributed by atoms with Gasteiger partial charge in [0.1, 0.15) is 0 Å². The van der Waals surface area contributed by atoms with Crippen molar-refractivity contribution in [2.45, 2.75) is 57.2 Å². The molecule has 4 aromatic rings. The van der Waals surface area contributed by atoms with Gasteiger partial charge in [0.05, 0.1) is 49.7 Å². The molecule has 0 bridgehead atoms. The molecule has 8 rings (SSSR count). The fourth-order valence-electron chi connectivity index (χ4n) is 7.72. The molecule has 1 N–H and O–H groups in total. The van der Waals surface area contributed by atoms with Crippen molar-refractivity contribution in [3.05, 3.63) is 130 Å². The SMILES string of the molecule is C[C@H]1[C@@H](CN2CCC3(CC2)OCCO3)O[C@@H](c2cccc(-c3cccc(CN4C(=O)c5ccccc5C4=O)c3)c2)O[C@H]1c1ccc(CO)cc1. The molecule has 4 aliphatic rings. The highest BCUT2D eigenvalue weighted by molar-refractivity contribution is 6.21. The van der Waals surface area contributed by atoms with Crippen LogP contribution in [0, 0.1) is 5.92 Å². The Morgan fingerprint density at radius 1 is 0.740 bits per heavy atom. The fraction of sp³-hybridized carbons (Fsp3) is 0.366. The number of imide groups is 1. The normalized spacial score (nSPS) is 25.0. The number of aliphatic hydroxyl groups is 1. The zero-order valence-corrected chi connectivity index (χ0v) is 28.2. The smallest absolute Gasteiger partial charge is 0.261 e. The summed E-state index contributed by atoms with van der Waals surface area (Å²) in [6.07, 6.45) is 0.776. The molecule has 4 heterocycles. The van der Waals surface area contributed by atoms with E-state index in [-0.39, 0.29) is 43.1 Å². The van der Waals surface area contributed by atoms with Crippen LogP contribution < -0.4 is 0 Å². The maximum Gasteiger partial charge on any atom is 0.261 e. The average Bonchev–Trinajstić information content (AvgIpc) is 3.72. The minimum Gasteiger partial charge on any atom is -0.392 e. The third kappa shape index (κ3) is 6.41. The van der Waals surface area contributed by atoms with Gasteiger partial charge in [-0.15, -0.1) is 0 Å². The molecule has 0 saturated carbocycles. The number of fused-ring (bicyclic) bond motifs is 1. The maximum atomic E-state index is 13.0. The van der Waals surface area contributed by atoms with E-state index in [0.717, 1.165) is 65.9 Å². The number of amides is 2. The maximum absolute atomic E-state index is 13.0. The number of carbonyl (C=O) groups excluding carboxylic acids is 2. The van der Waals surface area contributed by atoms with Crippen molar-refractivity contribution in [1.29, 1.82) is 0 Å². The highest BCUT2D eigenvalue weighted by Gasteiger charge is 2.43. The van der Waals surface area contributed by atoms with Crippen LogP contribution in [0.1, 0.15) is 75.1 Å². The Hall–Kier alpha value is -4.22. The van der Waals surface area contributed by atoms with Gasteiger partial charge < -0.3 is 29.0 Å². The monoisotopic (exact) mass is 674 g/mol. The highest BCUT2D eigenvalue weighted by Crippen LogP contribution is 2.43. The number of carbonyl (C=O) groups is 2. The van der Waals surface area contributed by atoms with Gasteiger partial charge in [0.25, 0.3) is 11.8 Å². The van der Waals surface area contributed by atoms with E-state index in [1.54, 1.807) is 24.3 Å².